The van der Waals surface area contributed by atoms with Gasteiger partial charge in [-0.05, 0) is 30.5 Å². The first-order valence-electron chi connectivity index (χ1n) is 8.92. The Kier molecular flexibility index (Phi) is 5.43. The van der Waals surface area contributed by atoms with Gasteiger partial charge in [-0.25, -0.2) is 0 Å². The molecule has 2 aliphatic heterocycles. The maximum absolute atomic E-state index is 11.9. The summed E-state index contributed by atoms with van der Waals surface area (Å²) in [5, 5.41) is 19.6. The number of aliphatic hydroxyl groups excluding tert-OH is 2. The van der Waals surface area contributed by atoms with E-state index in [1.54, 1.807) is 19.0 Å². The van der Waals surface area contributed by atoms with Crippen LogP contribution in [0.2, 0.25) is 0 Å². The van der Waals surface area contributed by atoms with Gasteiger partial charge in [0.15, 0.2) is 0 Å². The third kappa shape index (κ3) is 4.20. The van der Waals surface area contributed by atoms with Crippen LogP contribution in [0.25, 0.3) is 0 Å². The van der Waals surface area contributed by atoms with Crippen molar-refractivity contribution in [2.45, 2.75) is 43.6 Å². The van der Waals surface area contributed by atoms with Crippen molar-refractivity contribution < 1.29 is 19.7 Å². The molecule has 2 atom stereocenters. The van der Waals surface area contributed by atoms with Gasteiger partial charge in [0, 0.05) is 45.7 Å². The third-order valence-electron chi connectivity index (χ3n) is 5.37. The van der Waals surface area contributed by atoms with Crippen LogP contribution in [0.3, 0.4) is 0 Å². The first-order valence-corrected chi connectivity index (χ1v) is 8.92. The average molecular weight is 348 g/mol. The molecule has 0 radical (unpaired) electrons. The van der Waals surface area contributed by atoms with Gasteiger partial charge in [-0.1, -0.05) is 12.1 Å². The molecule has 1 aromatic rings. The summed E-state index contributed by atoms with van der Waals surface area (Å²) in [6.07, 6.45) is 0.819. The summed E-state index contributed by atoms with van der Waals surface area (Å²) in [6.45, 7) is 2.88. The number of piperidine rings is 1. The van der Waals surface area contributed by atoms with Gasteiger partial charge in [0.05, 0.1) is 18.3 Å². The summed E-state index contributed by atoms with van der Waals surface area (Å²) in [6, 6.07) is 7.78. The summed E-state index contributed by atoms with van der Waals surface area (Å²) in [4.78, 5) is 15.9. The minimum absolute atomic E-state index is 0.0154. The van der Waals surface area contributed by atoms with E-state index in [0.717, 1.165) is 32.5 Å². The van der Waals surface area contributed by atoms with E-state index in [1.807, 2.05) is 24.3 Å². The lowest BCUT2D eigenvalue weighted by Crippen LogP contribution is -2.54. The second kappa shape index (κ2) is 7.41. The molecule has 2 fully saturated rings. The van der Waals surface area contributed by atoms with Crippen LogP contribution < -0.4 is 0 Å². The van der Waals surface area contributed by atoms with E-state index in [9.17, 15) is 15.0 Å². The Morgan fingerprint density at radius 1 is 1.20 bits per heavy atom. The smallest absolute Gasteiger partial charge is 0.253 e. The molecule has 0 aliphatic carbocycles. The molecule has 6 heteroatoms. The Morgan fingerprint density at radius 3 is 2.40 bits per heavy atom. The SMILES string of the molecule is CN(C)C(=O)c1ccc(CN2CCC3(CC2)C[C@@H](O)[C@@H](O)CO3)cc1. The number of hydrogen-bond acceptors (Lipinski definition) is 5. The lowest BCUT2D eigenvalue weighted by Gasteiger charge is -2.46. The minimum atomic E-state index is -0.757. The van der Waals surface area contributed by atoms with Crippen LogP contribution in [0, 0.1) is 0 Å². The molecule has 2 heterocycles. The monoisotopic (exact) mass is 348 g/mol. The first-order chi connectivity index (χ1) is 11.9. The highest BCUT2D eigenvalue weighted by Gasteiger charge is 2.42. The van der Waals surface area contributed by atoms with Gasteiger partial charge >= 0.3 is 0 Å². The summed E-state index contributed by atoms with van der Waals surface area (Å²) in [5.41, 5.74) is 1.61. The topological polar surface area (TPSA) is 73.2 Å². The van der Waals surface area contributed by atoms with Crippen LogP contribution in [0.4, 0.5) is 0 Å². The predicted octanol–water partition coefficient (Wildman–Crippen LogP) is 0.865. The Balaban J connectivity index is 1.53. The van der Waals surface area contributed by atoms with Gasteiger partial charge in [-0.2, -0.15) is 0 Å². The molecule has 1 aromatic carbocycles. The summed E-state index contributed by atoms with van der Waals surface area (Å²) in [7, 11) is 3.51. The quantitative estimate of drug-likeness (QED) is 0.848. The summed E-state index contributed by atoms with van der Waals surface area (Å²) < 4.78 is 5.87. The van der Waals surface area contributed by atoms with Crippen molar-refractivity contribution in [1.29, 1.82) is 0 Å². The van der Waals surface area contributed by atoms with Gasteiger partial charge < -0.3 is 19.8 Å². The number of nitrogens with zero attached hydrogens (tertiary/aromatic N) is 2. The number of amides is 1. The number of aliphatic hydroxyl groups is 2. The van der Waals surface area contributed by atoms with E-state index >= 15 is 0 Å². The molecule has 6 nitrogen and oxygen atoms in total. The number of carbonyl (C=O) groups is 1. The van der Waals surface area contributed by atoms with Crippen LogP contribution in [0.15, 0.2) is 24.3 Å². The molecule has 138 valence electrons. The number of benzene rings is 1. The van der Waals surface area contributed by atoms with Crippen LogP contribution in [-0.4, -0.2) is 77.5 Å². The van der Waals surface area contributed by atoms with Crippen LogP contribution in [0.1, 0.15) is 35.2 Å². The van der Waals surface area contributed by atoms with Crippen LogP contribution in [0.5, 0.6) is 0 Å². The van der Waals surface area contributed by atoms with Crippen molar-refractivity contribution in [3.05, 3.63) is 35.4 Å². The molecule has 0 saturated carbocycles. The standard InChI is InChI=1S/C19H28N2O4/c1-20(2)18(24)15-5-3-14(4-6-15)12-21-9-7-19(8-10-21)11-16(22)17(23)13-25-19/h3-6,16-17,22-23H,7-13H2,1-2H3/t16-,17+/m1/s1. The predicted molar refractivity (Wildman–Crippen MR) is 94.3 cm³/mol. The molecule has 2 aliphatic rings. The van der Waals surface area contributed by atoms with E-state index in [0.29, 0.717) is 12.0 Å². The maximum Gasteiger partial charge on any atom is 0.253 e. The minimum Gasteiger partial charge on any atom is -0.390 e. The van der Waals surface area contributed by atoms with Crippen molar-refractivity contribution in [2.75, 3.05) is 33.8 Å². The molecule has 25 heavy (non-hydrogen) atoms. The Labute approximate surface area is 149 Å². The van der Waals surface area contributed by atoms with Gasteiger partial charge in [0.1, 0.15) is 6.10 Å². The van der Waals surface area contributed by atoms with E-state index in [2.05, 4.69) is 4.90 Å². The number of likely N-dealkylation sites (tertiary alicyclic amines) is 1. The van der Waals surface area contributed by atoms with E-state index in [1.165, 1.54) is 5.56 Å². The highest BCUT2D eigenvalue weighted by atomic mass is 16.5. The van der Waals surface area contributed by atoms with Gasteiger partial charge in [-0.3, -0.25) is 9.69 Å². The molecule has 0 unspecified atom stereocenters. The van der Waals surface area contributed by atoms with Crippen molar-refractivity contribution in [3.8, 4) is 0 Å². The Bertz CT molecular complexity index is 594. The van der Waals surface area contributed by atoms with Crippen LogP contribution >= 0.6 is 0 Å². The largest absolute Gasteiger partial charge is 0.390 e. The van der Waals surface area contributed by atoms with E-state index < -0.39 is 12.2 Å². The van der Waals surface area contributed by atoms with Crippen molar-refractivity contribution in [1.82, 2.24) is 9.80 Å². The van der Waals surface area contributed by atoms with Gasteiger partial charge in [0.25, 0.3) is 5.91 Å². The molecular weight excluding hydrogens is 320 g/mol. The lowest BCUT2D eigenvalue weighted by molar-refractivity contribution is -0.188. The molecule has 1 spiro atoms. The Hall–Kier alpha value is -1.47. The zero-order chi connectivity index (χ0) is 18.0. The van der Waals surface area contributed by atoms with E-state index in [-0.39, 0.29) is 18.1 Å². The third-order valence-corrected chi connectivity index (χ3v) is 5.37. The summed E-state index contributed by atoms with van der Waals surface area (Å²) in [5.74, 6) is 0.0154. The number of ether oxygens (including phenoxy) is 1. The fourth-order valence-corrected chi connectivity index (χ4v) is 3.69. The molecule has 3 rings (SSSR count). The molecule has 0 bridgehead atoms. The van der Waals surface area contributed by atoms with Crippen molar-refractivity contribution >= 4 is 5.91 Å². The number of carbonyl (C=O) groups excluding carboxylic acids is 1. The molecule has 2 N–H and O–H groups in total. The second-order valence-electron chi connectivity index (χ2n) is 7.51. The van der Waals surface area contributed by atoms with Gasteiger partial charge in [0.2, 0.25) is 0 Å². The highest BCUT2D eigenvalue weighted by molar-refractivity contribution is 5.93. The fraction of sp³-hybridized carbons (Fsp3) is 0.632. The molecule has 0 aromatic heterocycles. The van der Waals surface area contributed by atoms with Crippen molar-refractivity contribution in [3.63, 3.8) is 0 Å². The van der Waals surface area contributed by atoms with Gasteiger partial charge in [-0.15, -0.1) is 0 Å². The number of hydrogen-bond donors (Lipinski definition) is 2. The first kappa shape index (κ1) is 18.3. The molecular formula is C19H28N2O4. The lowest BCUT2D eigenvalue weighted by atomic mass is 9.82. The summed E-state index contributed by atoms with van der Waals surface area (Å²) >= 11 is 0. The highest BCUT2D eigenvalue weighted by Crippen LogP contribution is 2.35. The maximum atomic E-state index is 11.9. The normalized spacial score (nSPS) is 26.6. The second-order valence-corrected chi connectivity index (χ2v) is 7.51. The number of rotatable bonds is 3. The van der Waals surface area contributed by atoms with Crippen molar-refractivity contribution in [2.24, 2.45) is 0 Å². The van der Waals surface area contributed by atoms with E-state index in [4.69, 9.17) is 4.74 Å². The van der Waals surface area contributed by atoms with Crippen LogP contribution in [-0.2, 0) is 11.3 Å². The molecule has 2 saturated heterocycles. The zero-order valence-electron chi connectivity index (χ0n) is 15.0. The average Bonchev–Trinajstić information content (AvgIpc) is 2.61. The Morgan fingerprint density at radius 2 is 1.84 bits per heavy atom. The molecule has 1 amide bonds. The fourth-order valence-electron chi connectivity index (χ4n) is 3.69. The zero-order valence-corrected chi connectivity index (χ0v) is 15.0.